The number of rotatable bonds is 7. The molecular formula is C10H17NO4. The van der Waals surface area contributed by atoms with Crippen LogP contribution in [-0.2, 0) is 14.3 Å². The molecule has 0 fully saturated rings. The fourth-order valence-corrected chi connectivity index (χ4v) is 0.961. The average molecular weight is 215 g/mol. The maximum Gasteiger partial charge on any atom is 0.305 e. The van der Waals surface area contributed by atoms with Gasteiger partial charge in [-0.2, -0.15) is 0 Å². The first-order valence-electron chi connectivity index (χ1n) is 4.72. The summed E-state index contributed by atoms with van der Waals surface area (Å²) in [7, 11) is 0. The zero-order chi connectivity index (χ0) is 11.8. The number of aliphatic carboxylic acids is 1. The van der Waals surface area contributed by atoms with E-state index in [0.717, 1.165) is 0 Å². The minimum Gasteiger partial charge on any atom is -0.481 e. The lowest BCUT2D eigenvalue weighted by molar-refractivity contribution is -0.138. The van der Waals surface area contributed by atoms with Crippen LogP contribution in [0, 0.1) is 0 Å². The lowest BCUT2D eigenvalue weighted by atomic mass is 10.2. The summed E-state index contributed by atoms with van der Waals surface area (Å²) < 4.78 is 5.08. The number of hydrogen-bond donors (Lipinski definition) is 2. The van der Waals surface area contributed by atoms with Crippen LogP contribution in [0.15, 0.2) is 12.7 Å². The van der Waals surface area contributed by atoms with Gasteiger partial charge in [-0.05, 0) is 13.8 Å². The summed E-state index contributed by atoms with van der Waals surface area (Å²) >= 11 is 0. The number of nitrogens with one attached hydrogen (secondary N) is 1. The van der Waals surface area contributed by atoms with Gasteiger partial charge in [-0.1, -0.05) is 6.08 Å². The molecule has 2 atom stereocenters. The Bertz CT molecular complexity index is 240. The monoisotopic (exact) mass is 215 g/mol. The molecule has 0 radical (unpaired) electrons. The highest BCUT2D eigenvalue weighted by atomic mass is 16.5. The number of ether oxygens (including phenoxy) is 1. The maximum atomic E-state index is 11.4. The molecule has 1 amide bonds. The molecule has 0 aliphatic heterocycles. The van der Waals surface area contributed by atoms with Crippen molar-refractivity contribution in [2.45, 2.75) is 32.4 Å². The normalized spacial score (nSPS) is 14.0. The van der Waals surface area contributed by atoms with Crippen LogP contribution in [0.1, 0.15) is 20.3 Å². The van der Waals surface area contributed by atoms with Gasteiger partial charge in [0.2, 0.25) is 5.91 Å². The average Bonchev–Trinajstić information content (AvgIpc) is 2.12. The van der Waals surface area contributed by atoms with Crippen molar-refractivity contribution in [3.05, 3.63) is 12.7 Å². The molecule has 0 saturated carbocycles. The van der Waals surface area contributed by atoms with Crippen molar-refractivity contribution >= 4 is 11.9 Å². The SMILES string of the molecule is C=CCOC(C)C(=O)NC(C)CC(=O)O. The molecule has 5 heteroatoms. The second-order valence-electron chi connectivity index (χ2n) is 3.27. The predicted molar refractivity (Wildman–Crippen MR) is 55.5 cm³/mol. The lowest BCUT2D eigenvalue weighted by Gasteiger charge is -2.16. The number of carboxylic acids is 1. The summed E-state index contributed by atoms with van der Waals surface area (Å²) in [5, 5.41) is 11.0. The van der Waals surface area contributed by atoms with Crippen molar-refractivity contribution in [2.24, 2.45) is 0 Å². The predicted octanol–water partition coefficient (Wildman–Crippen LogP) is 0.557. The van der Waals surface area contributed by atoms with E-state index >= 15 is 0 Å². The zero-order valence-corrected chi connectivity index (χ0v) is 9.03. The van der Waals surface area contributed by atoms with Crippen LogP contribution in [0.2, 0.25) is 0 Å². The maximum absolute atomic E-state index is 11.4. The first kappa shape index (κ1) is 13.6. The number of carbonyl (C=O) groups excluding carboxylic acids is 1. The first-order valence-corrected chi connectivity index (χ1v) is 4.72. The highest BCUT2D eigenvalue weighted by molar-refractivity contribution is 5.81. The summed E-state index contributed by atoms with van der Waals surface area (Å²) in [4.78, 5) is 21.7. The van der Waals surface area contributed by atoms with Gasteiger partial charge in [0.05, 0.1) is 13.0 Å². The first-order chi connectivity index (χ1) is 6.97. The fourth-order valence-electron chi connectivity index (χ4n) is 0.961. The Hall–Kier alpha value is -1.36. The smallest absolute Gasteiger partial charge is 0.305 e. The summed E-state index contributed by atoms with van der Waals surface area (Å²) in [6.07, 6.45) is 0.851. The Kier molecular flexibility index (Phi) is 6.37. The van der Waals surface area contributed by atoms with E-state index in [-0.39, 0.29) is 12.3 Å². The van der Waals surface area contributed by atoms with Crippen molar-refractivity contribution in [3.8, 4) is 0 Å². The molecule has 0 heterocycles. The second-order valence-corrected chi connectivity index (χ2v) is 3.27. The van der Waals surface area contributed by atoms with E-state index in [2.05, 4.69) is 11.9 Å². The van der Waals surface area contributed by atoms with Gasteiger partial charge in [-0.25, -0.2) is 0 Å². The molecule has 0 saturated heterocycles. The second kappa shape index (κ2) is 7.00. The molecule has 0 aliphatic carbocycles. The molecule has 5 nitrogen and oxygen atoms in total. The van der Waals surface area contributed by atoms with Gasteiger partial charge in [0, 0.05) is 6.04 Å². The van der Waals surface area contributed by atoms with E-state index < -0.39 is 18.1 Å². The molecule has 0 aromatic carbocycles. The standard InChI is InChI=1S/C10H17NO4/c1-4-5-15-8(3)10(14)11-7(2)6-9(12)13/h4,7-8H,1,5-6H2,2-3H3,(H,11,14)(H,12,13). The Morgan fingerprint density at radius 2 is 2.13 bits per heavy atom. The molecule has 0 rings (SSSR count). The highest BCUT2D eigenvalue weighted by Gasteiger charge is 2.16. The van der Waals surface area contributed by atoms with Gasteiger partial charge in [0.15, 0.2) is 0 Å². The molecule has 2 N–H and O–H groups in total. The summed E-state index contributed by atoms with van der Waals surface area (Å²) in [6, 6.07) is -0.398. The summed E-state index contributed by atoms with van der Waals surface area (Å²) in [5.74, 6) is -1.26. The van der Waals surface area contributed by atoms with Crippen LogP contribution in [0.4, 0.5) is 0 Å². The van der Waals surface area contributed by atoms with E-state index in [1.165, 1.54) is 0 Å². The van der Waals surface area contributed by atoms with E-state index in [0.29, 0.717) is 6.61 Å². The number of amides is 1. The highest BCUT2D eigenvalue weighted by Crippen LogP contribution is 1.95. The van der Waals surface area contributed by atoms with E-state index in [1.807, 2.05) is 0 Å². The molecule has 0 aromatic heterocycles. The van der Waals surface area contributed by atoms with Crippen LogP contribution in [0.25, 0.3) is 0 Å². The van der Waals surface area contributed by atoms with Crippen LogP contribution < -0.4 is 5.32 Å². The van der Waals surface area contributed by atoms with Crippen molar-refractivity contribution in [1.82, 2.24) is 5.32 Å². The Morgan fingerprint density at radius 3 is 2.60 bits per heavy atom. The van der Waals surface area contributed by atoms with Gasteiger partial charge in [0.25, 0.3) is 0 Å². The fraction of sp³-hybridized carbons (Fsp3) is 0.600. The minimum atomic E-state index is -0.942. The Morgan fingerprint density at radius 1 is 1.53 bits per heavy atom. The van der Waals surface area contributed by atoms with Crippen molar-refractivity contribution in [2.75, 3.05) is 6.61 Å². The van der Waals surface area contributed by atoms with Crippen LogP contribution in [0.3, 0.4) is 0 Å². The largest absolute Gasteiger partial charge is 0.481 e. The van der Waals surface area contributed by atoms with Crippen LogP contribution in [0.5, 0.6) is 0 Å². The van der Waals surface area contributed by atoms with Gasteiger partial charge in [-0.3, -0.25) is 9.59 Å². The molecule has 0 aromatic rings. The quantitative estimate of drug-likeness (QED) is 0.608. The molecule has 15 heavy (non-hydrogen) atoms. The van der Waals surface area contributed by atoms with E-state index in [1.54, 1.807) is 19.9 Å². The van der Waals surface area contributed by atoms with Crippen LogP contribution in [-0.4, -0.2) is 35.7 Å². The molecule has 0 bridgehead atoms. The number of carbonyl (C=O) groups is 2. The molecule has 0 spiro atoms. The Labute approximate surface area is 89.1 Å². The molecule has 2 unspecified atom stereocenters. The number of hydrogen-bond acceptors (Lipinski definition) is 3. The van der Waals surface area contributed by atoms with Crippen molar-refractivity contribution in [3.63, 3.8) is 0 Å². The molecular weight excluding hydrogens is 198 g/mol. The van der Waals surface area contributed by atoms with Crippen LogP contribution >= 0.6 is 0 Å². The zero-order valence-electron chi connectivity index (χ0n) is 9.03. The summed E-state index contributed by atoms with van der Waals surface area (Å²) in [6.45, 7) is 6.99. The van der Waals surface area contributed by atoms with Gasteiger partial charge in [0.1, 0.15) is 6.10 Å². The number of carboxylic acid groups (broad SMARTS) is 1. The van der Waals surface area contributed by atoms with E-state index in [4.69, 9.17) is 9.84 Å². The topological polar surface area (TPSA) is 75.6 Å². The Balaban J connectivity index is 3.89. The molecule has 0 aliphatic rings. The molecule has 86 valence electrons. The minimum absolute atomic E-state index is 0.0973. The van der Waals surface area contributed by atoms with Gasteiger partial charge < -0.3 is 15.2 Å². The third-order valence-corrected chi connectivity index (χ3v) is 1.70. The summed E-state index contributed by atoms with van der Waals surface area (Å²) in [5.41, 5.74) is 0. The van der Waals surface area contributed by atoms with Crippen molar-refractivity contribution in [1.29, 1.82) is 0 Å². The third kappa shape index (κ3) is 6.68. The van der Waals surface area contributed by atoms with Gasteiger partial charge >= 0.3 is 5.97 Å². The van der Waals surface area contributed by atoms with E-state index in [9.17, 15) is 9.59 Å². The third-order valence-electron chi connectivity index (χ3n) is 1.70. The van der Waals surface area contributed by atoms with Crippen molar-refractivity contribution < 1.29 is 19.4 Å². The lowest BCUT2D eigenvalue weighted by Crippen LogP contribution is -2.40. The van der Waals surface area contributed by atoms with Gasteiger partial charge in [-0.15, -0.1) is 6.58 Å².